The maximum Gasteiger partial charge on any atom is 0.343 e. The number of nitrogens with one attached hydrogen (secondary N) is 1. The molecule has 0 aromatic heterocycles. The van der Waals surface area contributed by atoms with Crippen molar-refractivity contribution in [3.63, 3.8) is 0 Å². The Hall–Kier alpha value is -4.13. The second-order valence-electron chi connectivity index (χ2n) is 7.24. The van der Waals surface area contributed by atoms with E-state index < -0.39 is 5.97 Å². The topological polar surface area (TPSA) is 86.2 Å². The summed E-state index contributed by atoms with van der Waals surface area (Å²) < 4.78 is 16.2. The molecule has 0 aliphatic rings. The average Bonchev–Trinajstić information content (AvgIpc) is 2.81. The van der Waals surface area contributed by atoms with Crippen LogP contribution in [-0.2, 0) is 4.79 Å². The van der Waals surface area contributed by atoms with E-state index in [0.717, 1.165) is 16.7 Å². The van der Waals surface area contributed by atoms with Gasteiger partial charge in [0.1, 0.15) is 17.2 Å². The molecule has 0 bridgehead atoms. The van der Waals surface area contributed by atoms with Gasteiger partial charge in [-0.25, -0.2) is 10.2 Å². The molecule has 3 aromatic rings. The van der Waals surface area contributed by atoms with Gasteiger partial charge in [0.15, 0.2) is 6.61 Å². The van der Waals surface area contributed by atoms with E-state index in [4.69, 9.17) is 14.2 Å². The fourth-order valence-corrected chi connectivity index (χ4v) is 2.81. The van der Waals surface area contributed by atoms with Crippen molar-refractivity contribution in [1.82, 2.24) is 5.43 Å². The predicted octanol–water partition coefficient (Wildman–Crippen LogP) is 4.45. The largest absolute Gasteiger partial charge is 0.494 e. The molecule has 0 aliphatic heterocycles. The van der Waals surface area contributed by atoms with Gasteiger partial charge in [0.25, 0.3) is 5.91 Å². The summed E-state index contributed by atoms with van der Waals surface area (Å²) in [5.41, 5.74) is 5.83. The second-order valence-corrected chi connectivity index (χ2v) is 7.24. The van der Waals surface area contributed by atoms with Crippen LogP contribution in [0.5, 0.6) is 17.2 Å². The first-order valence-electron chi connectivity index (χ1n) is 10.5. The van der Waals surface area contributed by atoms with Crippen molar-refractivity contribution < 1.29 is 23.8 Å². The van der Waals surface area contributed by atoms with E-state index in [1.54, 1.807) is 48.5 Å². The molecule has 0 unspecified atom stereocenters. The van der Waals surface area contributed by atoms with E-state index in [9.17, 15) is 9.59 Å². The minimum atomic E-state index is -0.463. The Kier molecular flexibility index (Phi) is 8.18. The molecule has 170 valence electrons. The molecular formula is C26H26N2O5. The lowest BCUT2D eigenvalue weighted by atomic mass is 10.1. The van der Waals surface area contributed by atoms with Crippen molar-refractivity contribution >= 4 is 18.1 Å². The first-order chi connectivity index (χ1) is 15.9. The number of hydrazone groups is 1. The monoisotopic (exact) mass is 446 g/mol. The van der Waals surface area contributed by atoms with Crippen molar-refractivity contribution in [2.75, 3.05) is 13.2 Å². The third-order valence-electron chi connectivity index (χ3n) is 4.74. The van der Waals surface area contributed by atoms with Crippen LogP contribution in [0, 0.1) is 13.8 Å². The van der Waals surface area contributed by atoms with Crippen LogP contribution in [0.1, 0.15) is 34.0 Å². The fraction of sp³-hybridized carbons (Fsp3) is 0.192. The number of aryl methyl sites for hydroxylation is 2. The molecule has 0 saturated carbocycles. The molecule has 0 spiro atoms. The van der Waals surface area contributed by atoms with Gasteiger partial charge in [-0.05, 0) is 98.1 Å². The van der Waals surface area contributed by atoms with Gasteiger partial charge in [0, 0.05) is 0 Å². The standard InChI is InChI=1S/C26H26N2O5/c1-4-31-22-13-8-21(9-14-22)26(30)33-23-11-6-20(7-12-23)16-27-28-25(29)17-32-24-10-5-18(2)19(3)15-24/h5-16H,4,17H2,1-3H3,(H,28,29). The molecule has 3 rings (SSSR count). The van der Waals surface area contributed by atoms with Gasteiger partial charge < -0.3 is 14.2 Å². The third kappa shape index (κ3) is 7.21. The van der Waals surface area contributed by atoms with Gasteiger partial charge >= 0.3 is 5.97 Å². The zero-order valence-corrected chi connectivity index (χ0v) is 18.8. The molecule has 33 heavy (non-hydrogen) atoms. The summed E-state index contributed by atoms with van der Waals surface area (Å²) in [7, 11) is 0. The van der Waals surface area contributed by atoms with Crippen molar-refractivity contribution in [2.24, 2.45) is 5.10 Å². The van der Waals surface area contributed by atoms with Crippen LogP contribution >= 0.6 is 0 Å². The minimum Gasteiger partial charge on any atom is -0.494 e. The molecule has 7 heteroatoms. The van der Waals surface area contributed by atoms with Gasteiger partial charge in [-0.3, -0.25) is 4.79 Å². The van der Waals surface area contributed by atoms with E-state index in [1.165, 1.54) is 6.21 Å². The highest BCUT2D eigenvalue weighted by Gasteiger charge is 2.09. The summed E-state index contributed by atoms with van der Waals surface area (Å²) in [6.45, 7) is 6.31. The molecule has 0 saturated heterocycles. The zero-order valence-electron chi connectivity index (χ0n) is 18.8. The summed E-state index contributed by atoms with van der Waals surface area (Å²) in [5, 5.41) is 3.92. The number of nitrogens with zero attached hydrogens (tertiary/aromatic N) is 1. The van der Waals surface area contributed by atoms with E-state index in [1.807, 2.05) is 39.0 Å². The highest BCUT2D eigenvalue weighted by atomic mass is 16.5. The third-order valence-corrected chi connectivity index (χ3v) is 4.74. The quantitative estimate of drug-likeness (QED) is 0.227. The Morgan fingerprint density at radius 2 is 1.52 bits per heavy atom. The summed E-state index contributed by atoms with van der Waals surface area (Å²) in [6, 6.07) is 19.2. The number of ether oxygens (including phenoxy) is 3. The molecular weight excluding hydrogens is 420 g/mol. The number of amides is 1. The SMILES string of the molecule is CCOc1ccc(C(=O)Oc2ccc(C=NNC(=O)COc3ccc(C)c(C)c3)cc2)cc1. The van der Waals surface area contributed by atoms with E-state index >= 15 is 0 Å². The molecule has 7 nitrogen and oxygen atoms in total. The van der Waals surface area contributed by atoms with Crippen molar-refractivity contribution in [2.45, 2.75) is 20.8 Å². The van der Waals surface area contributed by atoms with Crippen LogP contribution < -0.4 is 19.6 Å². The number of rotatable bonds is 9. The second kappa shape index (κ2) is 11.5. The van der Waals surface area contributed by atoms with Crippen molar-refractivity contribution in [3.8, 4) is 17.2 Å². The average molecular weight is 447 g/mol. The van der Waals surface area contributed by atoms with Gasteiger partial charge in [-0.1, -0.05) is 6.07 Å². The summed E-state index contributed by atoms with van der Waals surface area (Å²) >= 11 is 0. The predicted molar refractivity (Wildman–Crippen MR) is 126 cm³/mol. The molecule has 1 amide bonds. The van der Waals surface area contributed by atoms with E-state index in [2.05, 4.69) is 10.5 Å². The normalized spacial score (nSPS) is 10.6. The smallest absolute Gasteiger partial charge is 0.343 e. The van der Waals surface area contributed by atoms with Crippen LogP contribution in [0.3, 0.4) is 0 Å². The summed E-state index contributed by atoms with van der Waals surface area (Å²) in [5.74, 6) is 0.895. The number of carbonyl (C=O) groups is 2. The maximum atomic E-state index is 12.3. The van der Waals surface area contributed by atoms with Gasteiger partial charge in [0.05, 0.1) is 18.4 Å². The molecule has 0 fully saturated rings. The highest BCUT2D eigenvalue weighted by Crippen LogP contribution is 2.17. The number of hydrogen-bond donors (Lipinski definition) is 1. The van der Waals surface area contributed by atoms with E-state index in [-0.39, 0.29) is 12.5 Å². The van der Waals surface area contributed by atoms with Crippen LogP contribution in [0.25, 0.3) is 0 Å². The fourth-order valence-electron chi connectivity index (χ4n) is 2.81. The first-order valence-corrected chi connectivity index (χ1v) is 10.5. The lowest BCUT2D eigenvalue weighted by Crippen LogP contribution is -2.24. The first kappa shape index (κ1) is 23.5. The Balaban J connectivity index is 1.45. The van der Waals surface area contributed by atoms with Gasteiger partial charge in [-0.15, -0.1) is 0 Å². The number of carbonyl (C=O) groups excluding carboxylic acids is 2. The van der Waals surface area contributed by atoms with Gasteiger partial charge in [0.2, 0.25) is 0 Å². The van der Waals surface area contributed by atoms with Crippen LogP contribution in [0.2, 0.25) is 0 Å². The van der Waals surface area contributed by atoms with Crippen molar-refractivity contribution in [3.05, 3.63) is 89.0 Å². The number of esters is 1. The van der Waals surface area contributed by atoms with Crippen LogP contribution in [-0.4, -0.2) is 31.3 Å². The molecule has 0 heterocycles. The Bertz CT molecular complexity index is 1120. The Morgan fingerprint density at radius 1 is 0.848 bits per heavy atom. The summed E-state index contributed by atoms with van der Waals surface area (Å²) in [4.78, 5) is 24.2. The van der Waals surface area contributed by atoms with E-state index in [0.29, 0.717) is 29.4 Å². The molecule has 0 aliphatic carbocycles. The maximum absolute atomic E-state index is 12.3. The zero-order chi connectivity index (χ0) is 23.6. The number of hydrogen-bond acceptors (Lipinski definition) is 6. The molecule has 0 atom stereocenters. The Labute approximate surface area is 193 Å². The molecule has 3 aromatic carbocycles. The molecule has 1 N–H and O–H groups in total. The lowest BCUT2D eigenvalue weighted by molar-refractivity contribution is -0.123. The highest BCUT2D eigenvalue weighted by molar-refractivity contribution is 5.91. The number of benzene rings is 3. The van der Waals surface area contributed by atoms with Crippen LogP contribution in [0.4, 0.5) is 0 Å². The lowest BCUT2D eigenvalue weighted by Gasteiger charge is -2.07. The minimum absolute atomic E-state index is 0.139. The van der Waals surface area contributed by atoms with Crippen molar-refractivity contribution in [1.29, 1.82) is 0 Å². The van der Waals surface area contributed by atoms with Crippen LogP contribution in [0.15, 0.2) is 71.8 Å². The Morgan fingerprint density at radius 3 is 2.18 bits per heavy atom. The van der Waals surface area contributed by atoms with Gasteiger partial charge in [-0.2, -0.15) is 5.10 Å². The summed E-state index contributed by atoms with van der Waals surface area (Å²) in [6.07, 6.45) is 1.49. The molecule has 0 radical (unpaired) electrons.